The Morgan fingerprint density at radius 2 is 1.96 bits per heavy atom. The third kappa shape index (κ3) is 2.32. The highest BCUT2D eigenvalue weighted by Gasteiger charge is 2.44. The number of anilines is 1. The van der Waals surface area contributed by atoms with E-state index in [0.717, 1.165) is 0 Å². The van der Waals surface area contributed by atoms with Crippen LogP contribution >= 0.6 is 11.3 Å². The van der Waals surface area contributed by atoms with Gasteiger partial charge in [0.1, 0.15) is 11.4 Å². The summed E-state index contributed by atoms with van der Waals surface area (Å²) < 4.78 is 19.7. The second-order valence-electron chi connectivity index (χ2n) is 6.12. The minimum atomic E-state index is -0.796. The van der Waals surface area contributed by atoms with Crippen molar-refractivity contribution in [2.24, 2.45) is 0 Å². The molecule has 0 saturated heterocycles. The number of para-hydroxylation sites is 1. The zero-order chi connectivity index (χ0) is 18.5. The highest BCUT2D eigenvalue weighted by atomic mass is 32.1. The van der Waals surface area contributed by atoms with Crippen molar-refractivity contribution in [3.05, 3.63) is 93.0 Å². The molecule has 0 aliphatic carbocycles. The van der Waals surface area contributed by atoms with Crippen molar-refractivity contribution in [1.82, 2.24) is 4.98 Å². The first-order valence-corrected chi connectivity index (χ1v) is 9.07. The van der Waals surface area contributed by atoms with Crippen LogP contribution < -0.4 is 10.3 Å². The topological polar surface area (TPSA) is 63.4 Å². The first kappa shape index (κ1) is 15.9. The lowest BCUT2D eigenvalue weighted by molar-refractivity contribution is 0.0971. The highest BCUT2D eigenvalue weighted by Crippen LogP contribution is 2.41. The summed E-state index contributed by atoms with van der Waals surface area (Å²) in [4.78, 5) is 31.9. The van der Waals surface area contributed by atoms with E-state index in [9.17, 15) is 14.0 Å². The van der Waals surface area contributed by atoms with E-state index in [4.69, 9.17) is 4.42 Å². The molecule has 0 fully saturated rings. The highest BCUT2D eigenvalue weighted by molar-refractivity contribution is 7.13. The zero-order valence-corrected chi connectivity index (χ0v) is 14.6. The summed E-state index contributed by atoms with van der Waals surface area (Å²) in [5.74, 6) is -0.933. The molecule has 1 atom stereocenters. The van der Waals surface area contributed by atoms with Crippen LogP contribution in [0, 0.1) is 5.82 Å². The Balaban J connectivity index is 1.85. The fraction of sp³-hybridized carbons (Fsp3) is 0.0500. The van der Waals surface area contributed by atoms with E-state index in [1.807, 2.05) is 0 Å². The van der Waals surface area contributed by atoms with Gasteiger partial charge in [-0.25, -0.2) is 9.37 Å². The monoisotopic (exact) mass is 378 g/mol. The number of carbonyl (C=O) groups excluding carboxylic acids is 1. The van der Waals surface area contributed by atoms with E-state index in [1.54, 1.807) is 48.0 Å². The number of aromatic nitrogens is 1. The fourth-order valence-electron chi connectivity index (χ4n) is 3.44. The van der Waals surface area contributed by atoms with Gasteiger partial charge in [0.25, 0.3) is 5.91 Å². The molecule has 7 heteroatoms. The van der Waals surface area contributed by atoms with Crippen molar-refractivity contribution in [2.75, 3.05) is 4.90 Å². The fourth-order valence-corrected chi connectivity index (χ4v) is 4.11. The number of benzene rings is 2. The molecule has 27 heavy (non-hydrogen) atoms. The minimum Gasteiger partial charge on any atom is -0.450 e. The average Bonchev–Trinajstić information content (AvgIpc) is 3.29. The molecule has 5 nitrogen and oxygen atoms in total. The molecule has 0 N–H and O–H groups in total. The number of rotatable bonds is 2. The van der Waals surface area contributed by atoms with Gasteiger partial charge in [0.2, 0.25) is 5.76 Å². The first-order chi connectivity index (χ1) is 13.1. The molecule has 4 aromatic rings. The molecule has 0 radical (unpaired) electrons. The Morgan fingerprint density at radius 3 is 2.74 bits per heavy atom. The number of hydrogen-bond acceptors (Lipinski definition) is 5. The van der Waals surface area contributed by atoms with Gasteiger partial charge >= 0.3 is 0 Å². The molecule has 0 bridgehead atoms. The molecule has 0 unspecified atom stereocenters. The van der Waals surface area contributed by atoms with Gasteiger partial charge in [0.05, 0.1) is 17.0 Å². The average molecular weight is 378 g/mol. The molecule has 1 aliphatic rings. The van der Waals surface area contributed by atoms with Crippen LogP contribution in [0.5, 0.6) is 0 Å². The van der Waals surface area contributed by atoms with E-state index in [-0.39, 0.29) is 16.8 Å². The lowest BCUT2D eigenvalue weighted by Gasteiger charge is -2.22. The maximum absolute atomic E-state index is 13.9. The van der Waals surface area contributed by atoms with Gasteiger partial charge in [0.15, 0.2) is 10.6 Å². The van der Waals surface area contributed by atoms with E-state index >= 15 is 0 Å². The van der Waals surface area contributed by atoms with Crippen LogP contribution in [0.2, 0.25) is 0 Å². The second-order valence-corrected chi connectivity index (χ2v) is 6.99. The number of amides is 1. The Morgan fingerprint density at radius 1 is 1.11 bits per heavy atom. The van der Waals surface area contributed by atoms with Crippen LogP contribution in [0.4, 0.5) is 9.52 Å². The van der Waals surface area contributed by atoms with E-state index in [1.165, 1.54) is 28.4 Å². The molecule has 3 heterocycles. The van der Waals surface area contributed by atoms with Gasteiger partial charge in [-0.15, -0.1) is 11.3 Å². The Kier molecular flexibility index (Phi) is 3.45. The smallest absolute Gasteiger partial charge is 0.297 e. The molecule has 1 aliphatic heterocycles. The van der Waals surface area contributed by atoms with Gasteiger partial charge in [0, 0.05) is 11.6 Å². The summed E-state index contributed by atoms with van der Waals surface area (Å²) in [5, 5.41) is 2.54. The van der Waals surface area contributed by atoms with Gasteiger partial charge in [-0.3, -0.25) is 14.5 Å². The summed E-state index contributed by atoms with van der Waals surface area (Å²) >= 11 is 1.26. The van der Waals surface area contributed by atoms with E-state index in [2.05, 4.69) is 4.98 Å². The predicted molar refractivity (Wildman–Crippen MR) is 99.7 cm³/mol. The first-order valence-electron chi connectivity index (χ1n) is 8.19. The number of fused-ring (bicyclic) bond motifs is 2. The molecule has 0 saturated carbocycles. The quantitative estimate of drug-likeness (QED) is 0.526. The van der Waals surface area contributed by atoms with Gasteiger partial charge in [-0.05, 0) is 29.8 Å². The number of thiazole rings is 1. The molecule has 0 spiro atoms. The van der Waals surface area contributed by atoms with Gasteiger partial charge in [-0.2, -0.15) is 0 Å². The number of hydrogen-bond donors (Lipinski definition) is 0. The number of halogens is 1. The summed E-state index contributed by atoms with van der Waals surface area (Å²) in [5.41, 5.74) is 0.737. The van der Waals surface area contributed by atoms with Crippen molar-refractivity contribution in [1.29, 1.82) is 0 Å². The standard InChI is InChI=1S/C20H11FN2O3S/c21-12-5-3-4-11(10-12)16-15-17(24)13-6-1-2-7-14(13)26-18(15)19(25)23(16)20-22-8-9-27-20/h1-10,16H/t16-/m1/s1. The van der Waals surface area contributed by atoms with Crippen molar-refractivity contribution in [3.63, 3.8) is 0 Å². The van der Waals surface area contributed by atoms with Crippen LogP contribution in [0.3, 0.4) is 0 Å². The van der Waals surface area contributed by atoms with Gasteiger partial charge in [-0.1, -0.05) is 24.3 Å². The molecular weight excluding hydrogens is 367 g/mol. The van der Waals surface area contributed by atoms with Crippen molar-refractivity contribution in [3.8, 4) is 0 Å². The molecule has 1 amide bonds. The molecular formula is C20H11FN2O3S. The summed E-state index contributed by atoms with van der Waals surface area (Å²) in [6, 6.07) is 11.9. The summed E-state index contributed by atoms with van der Waals surface area (Å²) in [6.07, 6.45) is 1.57. The summed E-state index contributed by atoms with van der Waals surface area (Å²) in [6.45, 7) is 0. The molecule has 132 valence electrons. The molecule has 5 rings (SSSR count). The van der Waals surface area contributed by atoms with Crippen LogP contribution in [0.1, 0.15) is 27.7 Å². The van der Waals surface area contributed by atoms with Crippen molar-refractivity contribution >= 4 is 33.3 Å². The predicted octanol–water partition coefficient (Wildman–Crippen LogP) is 4.14. The zero-order valence-electron chi connectivity index (χ0n) is 13.8. The maximum Gasteiger partial charge on any atom is 0.297 e. The third-order valence-electron chi connectivity index (χ3n) is 4.57. The Labute approximate surface area is 156 Å². The minimum absolute atomic E-state index is 0.0249. The van der Waals surface area contributed by atoms with Crippen LogP contribution in [-0.2, 0) is 0 Å². The lowest BCUT2D eigenvalue weighted by Crippen LogP contribution is -2.29. The largest absolute Gasteiger partial charge is 0.450 e. The van der Waals surface area contributed by atoms with Crippen LogP contribution in [-0.4, -0.2) is 10.9 Å². The molecule has 2 aromatic carbocycles. The van der Waals surface area contributed by atoms with Crippen LogP contribution in [0.15, 0.2) is 69.3 Å². The normalized spacial score (nSPS) is 16.1. The lowest BCUT2D eigenvalue weighted by atomic mass is 9.98. The maximum atomic E-state index is 13.9. The third-order valence-corrected chi connectivity index (χ3v) is 5.34. The molecule has 2 aromatic heterocycles. The van der Waals surface area contributed by atoms with Crippen molar-refractivity contribution in [2.45, 2.75) is 6.04 Å². The van der Waals surface area contributed by atoms with E-state index in [0.29, 0.717) is 21.7 Å². The SMILES string of the molecule is O=C1c2oc3ccccc3c(=O)c2[C@@H](c2cccc(F)c2)N1c1nccs1. The van der Waals surface area contributed by atoms with Crippen molar-refractivity contribution < 1.29 is 13.6 Å². The number of nitrogens with zero attached hydrogens (tertiary/aromatic N) is 2. The van der Waals surface area contributed by atoms with Crippen LogP contribution in [0.25, 0.3) is 11.0 Å². The Hall–Kier alpha value is -3.32. The second kappa shape index (κ2) is 5.85. The Bertz CT molecular complexity index is 1250. The number of carbonyl (C=O) groups is 1. The summed E-state index contributed by atoms with van der Waals surface area (Å²) in [7, 11) is 0. The van der Waals surface area contributed by atoms with E-state index < -0.39 is 17.8 Å². The van der Waals surface area contributed by atoms with Gasteiger partial charge < -0.3 is 4.42 Å².